The van der Waals surface area contributed by atoms with Gasteiger partial charge in [0.05, 0.1) is 34.8 Å². The fourth-order valence-corrected chi connectivity index (χ4v) is 3.22. The largest absolute Gasteiger partial charge is 0.462 e. The van der Waals surface area contributed by atoms with E-state index in [1.807, 2.05) is 0 Å². The average Bonchev–Trinajstić information content (AvgIpc) is 3.44. The number of hydrogen-bond donors (Lipinski definition) is 0. The molecule has 0 radical (unpaired) electrons. The molecule has 0 fully saturated rings. The summed E-state index contributed by atoms with van der Waals surface area (Å²) < 4.78 is 51.0. The van der Waals surface area contributed by atoms with Gasteiger partial charge in [-0.3, -0.25) is 0 Å². The summed E-state index contributed by atoms with van der Waals surface area (Å²) in [5.41, 5.74) is 0.911. The van der Waals surface area contributed by atoms with Crippen LogP contribution in [0.15, 0.2) is 71.6 Å². The molecule has 2 heterocycles. The van der Waals surface area contributed by atoms with Crippen LogP contribution in [0, 0.1) is 0 Å². The van der Waals surface area contributed by atoms with Gasteiger partial charge in [0.2, 0.25) is 0 Å². The number of hydrogen-bond acceptors (Lipinski definition) is 5. The van der Waals surface area contributed by atoms with Crippen molar-refractivity contribution < 1.29 is 27.2 Å². The average molecular weight is 462 g/mol. The van der Waals surface area contributed by atoms with Gasteiger partial charge in [-0.2, -0.15) is 18.3 Å². The number of carbonyl (C=O) groups excluding carboxylic acids is 1. The Morgan fingerprint density at radius 2 is 1.88 bits per heavy atom. The third kappa shape index (κ3) is 4.67. The molecule has 2 aromatic heterocycles. The van der Waals surface area contributed by atoms with E-state index in [1.54, 1.807) is 24.3 Å². The van der Waals surface area contributed by atoms with Crippen molar-refractivity contribution in [2.75, 3.05) is 6.61 Å². The van der Waals surface area contributed by atoms with Gasteiger partial charge >= 0.3 is 12.1 Å². The number of esters is 1. The predicted octanol–water partition coefficient (Wildman–Crippen LogP) is 5.60. The molecule has 0 bridgehead atoms. The summed E-state index contributed by atoms with van der Waals surface area (Å²) in [6, 6.07) is 13.4. The highest BCUT2D eigenvalue weighted by molar-refractivity contribution is 6.32. The summed E-state index contributed by atoms with van der Waals surface area (Å²) in [6.45, 7) is 0.135. The lowest BCUT2D eigenvalue weighted by Crippen LogP contribution is -2.08. The second-order valence-electron chi connectivity index (χ2n) is 6.77. The highest BCUT2D eigenvalue weighted by atomic mass is 35.5. The Morgan fingerprint density at radius 1 is 1.12 bits per heavy atom. The fraction of sp³-hybridized carbons (Fsp3) is 0.136. The molecule has 0 amide bonds. The van der Waals surface area contributed by atoms with Crippen molar-refractivity contribution >= 4 is 17.6 Å². The molecule has 0 aliphatic heterocycles. The van der Waals surface area contributed by atoms with E-state index in [9.17, 15) is 18.0 Å². The number of benzene rings is 2. The number of aromatic nitrogens is 3. The zero-order chi connectivity index (χ0) is 22.7. The summed E-state index contributed by atoms with van der Waals surface area (Å²) in [5.74, 6) is -0.552. The summed E-state index contributed by atoms with van der Waals surface area (Å²) in [5, 5.41) is 7.53. The number of ether oxygens (including phenoxy) is 1. The number of carbonyl (C=O) groups is 1. The number of para-hydroxylation sites is 1. The summed E-state index contributed by atoms with van der Waals surface area (Å²) in [7, 11) is 0. The number of halogens is 4. The molecule has 0 spiro atoms. The Labute approximate surface area is 185 Å². The van der Waals surface area contributed by atoms with Crippen LogP contribution >= 0.6 is 11.6 Å². The van der Waals surface area contributed by atoms with Crippen LogP contribution in [-0.4, -0.2) is 27.5 Å². The van der Waals surface area contributed by atoms with Gasteiger partial charge < -0.3 is 9.26 Å². The van der Waals surface area contributed by atoms with Crippen molar-refractivity contribution in [2.45, 2.75) is 12.6 Å². The summed E-state index contributed by atoms with van der Waals surface area (Å²) >= 11 is 6.18. The maximum Gasteiger partial charge on any atom is 0.435 e. The first-order valence-electron chi connectivity index (χ1n) is 9.41. The minimum Gasteiger partial charge on any atom is -0.462 e. The molecular weight excluding hydrogens is 447 g/mol. The SMILES string of the molecule is O=C(OCCc1cnoc1)c1ccc(-c2cc(C(F)(F)F)nn2-c2ccccc2Cl)cc1. The highest BCUT2D eigenvalue weighted by Gasteiger charge is 2.35. The van der Waals surface area contributed by atoms with E-state index < -0.39 is 17.8 Å². The quantitative estimate of drug-likeness (QED) is 0.350. The van der Waals surface area contributed by atoms with Gasteiger partial charge in [-0.05, 0) is 30.3 Å². The van der Waals surface area contributed by atoms with Crippen molar-refractivity contribution in [3.8, 4) is 16.9 Å². The van der Waals surface area contributed by atoms with Crippen LogP contribution in [0.2, 0.25) is 5.02 Å². The second-order valence-corrected chi connectivity index (χ2v) is 7.18. The van der Waals surface area contributed by atoms with Crippen molar-refractivity contribution in [1.82, 2.24) is 14.9 Å². The number of rotatable bonds is 6. The van der Waals surface area contributed by atoms with Gasteiger partial charge in [-0.15, -0.1) is 0 Å². The van der Waals surface area contributed by atoms with Gasteiger partial charge in [0, 0.05) is 17.5 Å². The maximum atomic E-state index is 13.3. The molecule has 2 aromatic carbocycles. The lowest BCUT2D eigenvalue weighted by atomic mass is 10.1. The first kappa shape index (κ1) is 21.6. The van der Waals surface area contributed by atoms with Crippen LogP contribution in [0.5, 0.6) is 0 Å². The smallest absolute Gasteiger partial charge is 0.435 e. The lowest BCUT2D eigenvalue weighted by Gasteiger charge is -2.10. The van der Waals surface area contributed by atoms with E-state index in [-0.39, 0.29) is 22.9 Å². The van der Waals surface area contributed by atoms with Crippen LogP contribution in [0.4, 0.5) is 13.2 Å². The van der Waals surface area contributed by atoms with E-state index in [4.69, 9.17) is 20.9 Å². The first-order valence-corrected chi connectivity index (χ1v) is 9.79. The molecule has 0 saturated carbocycles. The maximum absolute atomic E-state index is 13.3. The molecule has 0 N–H and O–H groups in total. The number of nitrogens with zero attached hydrogens (tertiary/aromatic N) is 3. The zero-order valence-corrected chi connectivity index (χ0v) is 17.1. The molecule has 10 heteroatoms. The number of alkyl halides is 3. The molecule has 0 atom stereocenters. The van der Waals surface area contributed by atoms with Crippen molar-refractivity contribution in [1.29, 1.82) is 0 Å². The minimum atomic E-state index is -4.63. The third-order valence-electron chi connectivity index (χ3n) is 4.60. The van der Waals surface area contributed by atoms with Gasteiger partial charge in [0.15, 0.2) is 5.69 Å². The first-order chi connectivity index (χ1) is 15.3. The summed E-state index contributed by atoms with van der Waals surface area (Å²) in [4.78, 5) is 12.2. The molecule has 164 valence electrons. The normalized spacial score (nSPS) is 11.5. The molecule has 4 aromatic rings. The van der Waals surface area contributed by atoms with E-state index in [0.29, 0.717) is 17.7 Å². The second kappa shape index (κ2) is 8.88. The molecule has 32 heavy (non-hydrogen) atoms. The standard InChI is InChI=1S/C22H15ClF3N3O3/c23-17-3-1-2-4-18(17)29-19(11-20(28-29)22(24,25)26)15-5-7-16(8-6-15)21(30)31-10-9-14-12-27-32-13-14/h1-8,11-13H,9-10H2. The van der Waals surface area contributed by atoms with Crippen molar-refractivity contribution in [3.05, 3.63) is 88.9 Å². The van der Waals surface area contributed by atoms with Crippen LogP contribution in [-0.2, 0) is 17.3 Å². The topological polar surface area (TPSA) is 70.2 Å². The van der Waals surface area contributed by atoms with Gasteiger partial charge in [-0.25, -0.2) is 9.48 Å². The van der Waals surface area contributed by atoms with Gasteiger partial charge in [-0.1, -0.05) is 41.0 Å². The molecule has 4 rings (SSSR count). The molecule has 0 unspecified atom stereocenters. The Kier molecular flexibility index (Phi) is 6.00. The Hall–Kier alpha value is -3.59. The van der Waals surface area contributed by atoms with Gasteiger partial charge in [0.1, 0.15) is 6.26 Å². The minimum absolute atomic E-state index is 0.135. The van der Waals surface area contributed by atoms with Gasteiger partial charge in [0.25, 0.3) is 0 Å². The summed E-state index contributed by atoms with van der Waals surface area (Å²) in [6.07, 6.45) is -1.19. The molecule has 0 saturated heterocycles. The lowest BCUT2D eigenvalue weighted by molar-refractivity contribution is -0.141. The van der Waals surface area contributed by atoms with E-state index >= 15 is 0 Å². The molecular formula is C22H15ClF3N3O3. The van der Waals surface area contributed by atoms with E-state index in [2.05, 4.69) is 10.3 Å². The van der Waals surface area contributed by atoms with Crippen LogP contribution in [0.3, 0.4) is 0 Å². The van der Waals surface area contributed by atoms with Crippen molar-refractivity contribution in [3.63, 3.8) is 0 Å². The Balaban J connectivity index is 1.58. The van der Waals surface area contributed by atoms with Crippen LogP contribution in [0.1, 0.15) is 21.6 Å². The van der Waals surface area contributed by atoms with Crippen LogP contribution in [0.25, 0.3) is 16.9 Å². The highest BCUT2D eigenvalue weighted by Crippen LogP contribution is 2.34. The van der Waals surface area contributed by atoms with Crippen LogP contribution < -0.4 is 0 Å². The van der Waals surface area contributed by atoms with E-state index in [1.165, 1.54) is 36.7 Å². The molecule has 6 nitrogen and oxygen atoms in total. The Bertz CT molecular complexity index is 1220. The van der Waals surface area contributed by atoms with Crippen molar-refractivity contribution in [2.24, 2.45) is 0 Å². The monoisotopic (exact) mass is 461 g/mol. The molecule has 0 aliphatic carbocycles. The molecule has 0 aliphatic rings. The third-order valence-corrected chi connectivity index (χ3v) is 4.92. The zero-order valence-electron chi connectivity index (χ0n) is 16.3. The predicted molar refractivity (Wildman–Crippen MR) is 110 cm³/mol. The fourth-order valence-electron chi connectivity index (χ4n) is 3.00. The van der Waals surface area contributed by atoms with E-state index in [0.717, 1.165) is 16.3 Å². The Morgan fingerprint density at radius 3 is 2.53 bits per heavy atom.